The Morgan fingerprint density at radius 1 is 1.20 bits per heavy atom. The molecule has 9 heteroatoms. The second-order valence-corrected chi connectivity index (χ2v) is 7.58. The van der Waals surface area contributed by atoms with Crippen molar-refractivity contribution in [1.29, 1.82) is 0 Å². The van der Waals surface area contributed by atoms with Gasteiger partial charge in [-0.15, -0.1) is 0 Å². The summed E-state index contributed by atoms with van der Waals surface area (Å²) in [6.45, 7) is 0. The first-order valence-corrected chi connectivity index (χ1v) is 9.78. The van der Waals surface area contributed by atoms with Crippen molar-refractivity contribution in [2.45, 2.75) is 25.3 Å². The number of imidazole rings is 1. The summed E-state index contributed by atoms with van der Waals surface area (Å²) in [5.41, 5.74) is 3.53. The van der Waals surface area contributed by atoms with E-state index in [9.17, 15) is 9.59 Å². The summed E-state index contributed by atoms with van der Waals surface area (Å²) in [6, 6.07) is 10.2. The van der Waals surface area contributed by atoms with Crippen LogP contribution in [0.2, 0.25) is 0 Å². The minimum absolute atomic E-state index is 0.0647. The van der Waals surface area contributed by atoms with E-state index in [1.165, 1.54) is 0 Å². The highest BCUT2D eigenvalue weighted by Gasteiger charge is 2.26. The number of hydrogen-bond acceptors (Lipinski definition) is 6. The number of nitrogens with one attached hydrogen (secondary N) is 2. The average molecular weight is 399 g/mol. The molecule has 1 saturated heterocycles. The number of benzene rings is 1. The zero-order chi connectivity index (χ0) is 20.2. The lowest BCUT2D eigenvalue weighted by Crippen LogP contribution is -2.19. The van der Waals surface area contributed by atoms with Gasteiger partial charge in [-0.2, -0.15) is 9.61 Å². The zero-order valence-electron chi connectivity index (χ0n) is 15.9. The Labute approximate surface area is 170 Å². The minimum atomic E-state index is -0.368. The maximum Gasteiger partial charge on any atom is 0.254 e. The molecule has 30 heavy (non-hydrogen) atoms. The second kappa shape index (κ2) is 6.24. The molecule has 9 nitrogen and oxygen atoms in total. The molecule has 4 aromatic rings. The number of fused-ring (bicyclic) bond motifs is 2. The minimum Gasteiger partial charge on any atom is -0.367 e. The Bertz CT molecular complexity index is 1380. The summed E-state index contributed by atoms with van der Waals surface area (Å²) >= 11 is 0. The SMILES string of the molecule is O=C1C/C(=C\c2cnn3c(NC4CC4)cc(-n4cnc5ccccc54)nc23)C(=O)N1. The van der Waals surface area contributed by atoms with E-state index in [0.717, 1.165) is 29.7 Å². The normalized spacial score (nSPS) is 17.9. The number of amides is 2. The van der Waals surface area contributed by atoms with Gasteiger partial charge in [-0.05, 0) is 31.1 Å². The molecule has 1 aliphatic carbocycles. The number of imide groups is 1. The topological polar surface area (TPSA) is 106 Å². The molecule has 0 spiro atoms. The molecule has 2 aliphatic rings. The first-order chi connectivity index (χ1) is 14.7. The highest BCUT2D eigenvalue weighted by molar-refractivity contribution is 6.15. The third-order valence-corrected chi connectivity index (χ3v) is 5.34. The molecule has 1 aromatic carbocycles. The van der Waals surface area contributed by atoms with Crippen molar-refractivity contribution in [3.05, 3.63) is 54.0 Å². The van der Waals surface area contributed by atoms with Crippen molar-refractivity contribution in [2.24, 2.45) is 0 Å². The van der Waals surface area contributed by atoms with Crippen LogP contribution in [0.3, 0.4) is 0 Å². The fourth-order valence-electron chi connectivity index (χ4n) is 3.68. The lowest BCUT2D eigenvalue weighted by Gasteiger charge is -2.11. The van der Waals surface area contributed by atoms with E-state index in [2.05, 4.69) is 20.7 Å². The van der Waals surface area contributed by atoms with E-state index < -0.39 is 0 Å². The van der Waals surface area contributed by atoms with Gasteiger partial charge in [-0.1, -0.05) is 12.1 Å². The van der Waals surface area contributed by atoms with Crippen molar-refractivity contribution in [3.8, 4) is 5.82 Å². The van der Waals surface area contributed by atoms with Crippen LogP contribution in [0.4, 0.5) is 5.82 Å². The summed E-state index contributed by atoms with van der Waals surface area (Å²) in [4.78, 5) is 32.8. The van der Waals surface area contributed by atoms with E-state index in [0.29, 0.717) is 28.6 Å². The Kier molecular flexibility index (Phi) is 3.52. The van der Waals surface area contributed by atoms with Crippen molar-refractivity contribution < 1.29 is 9.59 Å². The van der Waals surface area contributed by atoms with Crippen molar-refractivity contribution in [1.82, 2.24) is 29.5 Å². The Morgan fingerprint density at radius 3 is 2.87 bits per heavy atom. The highest BCUT2D eigenvalue weighted by Crippen LogP contribution is 2.28. The monoisotopic (exact) mass is 399 g/mol. The molecule has 148 valence electrons. The lowest BCUT2D eigenvalue weighted by atomic mass is 10.1. The van der Waals surface area contributed by atoms with Crippen LogP contribution >= 0.6 is 0 Å². The van der Waals surface area contributed by atoms with Crippen LogP contribution in [0, 0.1) is 0 Å². The Hall–Kier alpha value is -4.01. The smallest absolute Gasteiger partial charge is 0.254 e. The van der Waals surface area contributed by atoms with E-state index in [1.54, 1.807) is 23.1 Å². The molecule has 0 bridgehead atoms. The van der Waals surface area contributed by atoms with Gasteiger partial charge in [-0.3, -0.25) is 19.5 Å². The Morgan fingerprint density at radius 2 is 2.07 bits per heavy atom. The molecule has 0 unspecified atom stereocenters. The van der Waals surface area contributed by atoms with Gasteiger partial charge in [0.15, 0.2) is 5.65 Å². The van der Waals surface area contributed by atoms with Gasteiger partial charge in [0.05, 0.1) is 23.7 Å². The summed E-state index contributed by atoms with van der Waals surface area (Å²) < 4.78 is 3.67. The molecular weight excluding hydrogens is 382 g/mol. The summed E-state index contributed by atoms with van der Waals surface area (Å²) in [5, 5.41) is 10.3. The Balaban J connectivity index is 1.54. The predicted octanol–water partition coefficient (Wildman–Crippen LogP) is 2.07. The number of rotatable bonds is 4. The van der Waals surface area contributed by atoms with Gasteiger partial charge in [0.1, 0.15) is 18.0 Å². The summed E-state index contributed by atoms with van der Waals surface area (Å²) in [7, 11) is 0. The second-order valence-electron chi connectivity index (χ2n) is 7.58. The van der Waals surface area contributed by atoms with E-state index in [-0.39, 0.29) is 18.2 Å². The summed E-state index contributed by atoms with van der Waals surface area (Å²) in [5.74, 6) is 0.864. The standard InChI is InChI=1S/C21H17N7O2/c29-19-8-12(21(30)26-19)7-13-10-23-28-18(24-14-5-6-14)9-17(25-20(13)28)27-11-22-15-3-1-2-4-16(15)27/h1-4,7,9-11,14,24H,5-6,8H2,(H,26,29,30)/b12-7+. The number of para-hydroxylation sites is 2. The van der Waals surface area contributed by atoms with E-state index in [1.807, 2.05) is 34.9 Å². The molecule has 2 fully saturated rings. The van der Waals surface area contributed by atoms with Crippen LogP contribution in [0.1, 0.15) is 24.8 Å². The molecular formula is C21H17N7O2. The van der Waals surface area contributed by atoms with Crippen molar-refractivity contribution in [3.63, 3.8) is 0 Å². The first-order valence-electron chi connectivity index (χ1n) is 9.78. The summed E-state index contributed by atoms with van der Waals surface area (Å²) in [6.07, 6.45) is 7.41. The quantitative estimate of drug-likeness (QED) is 0.402. The van der Waals surface area contributed by atoms with Gasteiger partial charge in [0.25, 0.3) is 5.91 Å². The molecule has 0 atom stereocenters. The molecule has 0 radical (unpaired) electrons. The third kappa shape index (κ3) is 2.74. The van der Waals surface area contributed by atoms with Crippen LogP contribution in [-0.4, -0.2) is 42.0 Å². The molecule has 4 heterocycles. The van der Waals surface area contributed by atoms with E-state index in [4.69, 9.17) is 4.98 Å². The third-order valence-electron chi connectivity index (χ3n) is 5.34. The van der Waals surface area contributed by atoms with Crippen molar-refractivity contribution >= 4 is 40.4 Å². The zero-order valence-corrected chi connectivity index (χ0v) is 15.9. The maximum atomic E-state index is 12.0. The van der Waals surface area contributed by atoms with Crippen LogP contribution in [0.5, 0.6) is 0 Å². The van der Waals surface area contributed by atoms with E-state index >= 15 is 0 Å². The van der Waals surface area contributed by atoms with Crippen LogP contribution in [-0.2, 0) is 9.59 Å². The van der Waals surface area contributed by atoms with Gasteiger partial charge in [-0.25, -0.2) is 9.97 Å². The number of anilines is 1. The fourth-order valence-corrected chi connectivity index (χ4v) is 3.68. The number of nitrogens with zero attached hydrogens (tertiary/aromatic N) is 5. The van der Waals surface area contributed by atoms with Gasteiger partial charge in [0, 0.05) is 23.2 Å². The highest BCUT2D eigenvalue weighted by atomic mass is 16.2. The number of hydrogen-bond donors (Lipinski definition) is 2. The van der Waals surface area contributed by atoms with Gasteiger partial charge < -0.3 is 5.32 Å². The molecule has 6 rings (SSSR count). The first kappa shape index (κ1) is 16.9. The van der Waals surface area contributed by atoms with Gasteiger partial charge >= 0.3 is 0 Å². The number of aromatic nitrogens is 5. The van der Waals surface area contributed by atoms with Crippen LogP contribution < -0.4 is 10.6 Å². The molecule has 1 saturated carbocycles. The maximum absolute atomic E-state index is 12.0. The number of carbonyl (C=O) groups excluding carboxylic acids is 2. The molecule has 2 N–H and O–H groups in total. The predicted molar refractivity (Wildman–Crippen MR) is 110 cm³/mol. The molecule has 1 aliphatic heterocycles. The molecule has 3 aromatic heterocycles. The molecule has 2 amide bonds. The fraction of sp³-hybridized carbons (Fsp3) is 0.190. The average Bonchev–Trinajstić information content (AvgIpc) is 3.16. The van der Waals surface area contributed by atoms with Crippen LogP contribution in [0.25, 0.3) is 28.6 Å². The number of carbonyl (C=O) groups is 2. The largest absolute Gasteiger partial charge is 0.367 e. The lowest BCUT2D eigenvalue weighted by molar-refractivity contribution is -0.124. The van der Waals surface area contributed by atoms with Gasteiger partial charge in [0.2, 0.25) is 5.91 Å². The van der Waals surface area contributed by atoms with Crippen LogP contribution in [0.15, 0.2) is 48.4 Å². The van der Waals surface area contributed by atoms with Crippen molar-refractivity contribution in [2.75, 3.05) is 5.32 Å².